The Balaban J connectivity index is 2.00. The van der Waals surface area contributed by atoms with Crippen molar-refractivity contribution < 1.29 is 4.79 Å². The van der Waals surface area contributed by atoms with Crippen molar-refractivity contribution in [3.63, 3.8) is 0 Å². The number of carbonyl (C=O) groups is 1. The standard InChI is InChI=1S/C11H15NOS/c1-2-8-3-4-9(7-8)11(13)10-5-6-14-12-10/h5-6,8-9H,2-4,7H2,1H3. The summed E-state index contributed by atoms with van der Waals surface area (Å²) in [6, 6.07) is 1.84. The molecular formula is C11H15NOS. The number of rotatable bonds is 3. The van der Waals surface area contributed by atoms with Gasteiger partial charge in [0.25, 0.3) is 0 Å². The summed E-state index contributed by atoms with van der Waals surface area (Å²) in [5.74, 6) is 1.28. The lowest BCUT2D eigenvalue weighted by Crippen LogP contribution is -2.11. The lowest BCUT2D eigenvalue weighted by atomic mass is 9.97. The van der Waals surface area contributed by atoms with Gasteiger partial charge in [0.1, 0.15) is 5.69 Å². The monoisotopic (exact) mass is 209 g/mol. The molecular weight excluding hydrogens is 194 g/mol. The highest BCUT2D eigenvalue weighted by Gasteiger charge is 2.30. The average Bonchev–Trinajstić information content (AvgIpc) is 2.88. The molecule has 1 aliphatic rings. The van der Waals surface area contributed by atoms with Gasteiger partial charge in [-0.1, -0.05) is 13.3 Å². The van der Waals surface area contributed by atoms with Crippen molar-refractivity contribution in [3.05, 3.63) is 17.1 Å². The molecule has 3 heteroatoms. The average molecular weight is 209 g/mol. The molecule has 1 aromatic rings. The van der Waals surface area contributed by atoms with Gasteiger partial charge in [-0.3, -0.25) is 4.79 Å². The van der Waals surface area contributed by atoms with E-state index < -0.39 is 0 Å². The minimum atomic E-state index is 0.252. The van der Waals surface area contributed by atoms with E-state index in [0.717, 1.165) is 18.8 Å². The molecule has 0 aromatic carbocycles. The van der Waals surface area contributed by atoms with E-state index in [4.69, 9.17) is 0 Å². The van der Waals surface area contributed by atoms with Crippen molar-refractivity contribution in [3.8, 4) is 0 Å². The molecule has 1 fully saturated rings. The van der Waals surface area contributed by atoms with E-state index in [1.807, 2.05) is 11.4 Å². The minimum absolute atomic E-state index is 0.252. The maximum atomic E-state index is 11.9. The predicted molar refractivity (Wildman–Crippen MR) is 57.6 cm³/mol. The van der Waals surface area contributed by atoms with Crippen LogP contribution in [-0.4, -0.2) is 10.2 Å². The first kappa shape index (κ1) is 9.84. The van der Waals surface area contributed by atoms with Gasteiger partial charge >= 0.3 is 0 Å². The number of carbonyl (C=O) groups excluding carboxylic acids is 1. The summed E-state index contributed by atoms with van der Waals surface area (Å²) < 4.78 is 4.10. The van der Waals surface area contributed by atoms with E-state index in [1.165, 1.54) is 24.4 Å². The highest BCUT2D eigenvalue weighted by molar-refractivity contribution is 7.03. The molecule has 2 rings (SSSR count). The Morgan fingerprint density at radius 3 is 3.07 bits per heavy atom. The van der Waals surface area contributed by atoms with Crippen LogP contribution in [-0.2, 0) is 0 Å². The normalized spacial score (nSPS) is 26.6. The topological polar surface area (TPSA) is 30.0 Å². The summed E-state index contributed by atoms with van der Waals surface area (Å²) in [6.07, 6.45) is 4.57. The maximum absolute atomic E-state index is 11.9. The molecule has 76 valence electrons. The molecule has 0 bridgehead atoms. The van der Waals surface area contributed by atoms with Crippen molar-refractivity contribution in [2.45, 2.75) is 32.6 Å². The van der Waals surface area contributed by atoms with Gasteiger partial charge in [0.2, 0.25) is 0 Å². The third kappa shape index (κ3) is 1.87. The smallest absolute Gasteiger partial charge is 0.185 e. The van der Waals surface area contributed by atoms with Gasteiger partial charge in [-0.05, 0) is 42.8 Å². The summed E-state index contributed by atoms with van der Waals surface area (Å²) in [5.41, 5.74) is 0.678. The number of hydrogen-bond donors (Lipinski definition) is 0. The van der Waals surface area contributed by atoms with Crippen molar-refractivity contribution in [1.82, 2.24) is 4.37 Å². The van der Waals surface area contributed by atoms with Crippen LogP contribution >= 0.6 is 11.5 Å². The molecule has 2 atom stereocenters. The van der Waals surface area contributed by atoms with Crippen LogP contribution in [0.5, 0.6) is 0 Å². The van der Waals surface area contributed by atoms with Crippen LogP contribution in [0.25, 0.3) is 0 Å². The van der Waals surface area contributed by atoms with Crippen LogP contribution < -0.4 is 0 Å². The van der Waals surface area contributed by atoms with Gasteiger partial charge in [0.15, 0.2) is 5.78 Å². The second-order valence-electron chi connectivity index (χ2n) is 4.03. The minimum Gasteiger partial charge on any atom is -0.292 e. The number of hydrogen-bond acceptors (Lipinski definition) is 3. The molecule has 2 unspecified atom stereocenters. The van der Waals surface area contributed by atoms with Crippen molar-refractivity contribution >= 4 is 17.3 Å². The lowest BCUT2D eigenvalue weighted by molar-refractivity contribution is 0.0916. The first-order valence-corrected chi connectivity index (χ1v) is 6.09. The SMILES string of the molecule is CCC1CCC(C(=O)c2ccsn2)C1. The van der Waals surface area contributed by atoms with Gasteiger partial charge in [0, 0.05) is 11.3 Å². The van der Waals surface area contributed by atoms with E-state index in [-0.39, 0.29) is 11.7 Å². The largest absolute Gasteiger partial charge is 0.292 e. The van der Waals surface area contributed by atoms with Crippen LogP contribution in [0.4, 0.5) is 0 Å². The molecule has 0 N–H and O–H groups in total. The fourth-order valence-corrected chi connectivity index (χ4v) is 2.75. The molecule has 1 heterocycles. The Kier molecular flexibility index (Phi) is 2.96. The molecule has 0 saturated heterocycles. The van der Waals surface area contributed by atoms with Gasteiger partial charge in [-0.25, -0.2) is 0 Å². The highest BCUT2D eigenvalue weighted by Crippen LogP contribution is 2.34. The number of Topliss-reactive ketones (excluding diaryl/α,β-unsaturated/α-hetero) is 1. The Morgan fingerprint density at radius 1 is 1.64 bits per heavy atom. The summed E-state index contributed by atoms with van der Waals surface area (Å²) in [4.78, 5) is 11.9. The van der Waals surface area contributed by atoms with Crippen LogP contribution in [0.1, 0.15) is 43.1 Å². The second-order valence-corrected chi connectivity index (χ2v) is 4.70. The van der Waals surface area contributed by atoms with Crippen molar-refractivity contribution in [2.24, 2.45) is 11.8 Å². The Hall–Kier alpha value is -0.700. The molecule has 1 saturated carbocycles. The van der Waals surface area contributed by atoms with Gasteiger partial charge in [-0.2, -0.15) is 4.37 Å². The first-order chi connectivity index (χ1) is 6.81. The zero-order valence-electron chi connectivity index (χ0n) is 8.40. The summed E-state index contributed by atoms with van der Waals surface area (Å²) >= 11 is 1.36. The number of ketones is 1. The molecule has 0 aliphatic heterocycles. The fourth-order valence-electron chi connectivity index (χ4n) is 2.23. The summed E-state index contributed by atoms with van der Waals surface area (Å²) in [7, 11) is 0. The first-order valence-electron chi connectivity index (χ1n) is 5.26. The molecule has 1 aromatic heterocycles. The Bertz CT molecular complexity index is 307. The van der Waals surface area contributed by atoms with Crippen LogP contribution in [0.2, 0.25) is 0 Å². The fraction of sp³-hybridized carbons (Fsp3) is 0.636. The molecule has 0 spiro atoms. The van der Waals surface area contributed by atoms with Gasteiger partial charge in [-0.15, -0.1) is 0 Å². The van der Waals surface area contributed by atoms with Gasteiger partial charge in [0.05, 0.1) is 0 Å². The van der Waals surface area contributed by atoms with Crippen LogP contribution in [0.3, 0.4) is 0 Å². The third-order valence-corrected chi connectivity index (χ3v) is 3.74. The molecule has 1 aliphatic carbocycles. The van der Waals surface area contributed by atoms with Crippen LogP contribution in [0.15, 0.2) is 11.4 Å². The highest BCUT2D eigenvalue weighted by atomic mass is 32.1. The van der Waals surface area contributed by atoms with E-state index in [1.54, 1.807) is 0 Å². The van der Waals surface area contributed by atoms with E-state index in [2.05, 4.69) is 11.3 Å². The molecule has 0 amide bonds. The zero-order valence-corrected chi connectivity index (χ0v) is 9.22. The maximum Gasteiger partial charge on any atom is 0.185 e. The van der Waals surface area contributed by atoms with Crippen LogP contribution in [0, 0.1) is 11.8 Å². The van der Waals surface area contributed by atoms with E-state index in [9.17, 15) is 4.79 Å². The third-order valence-electron chi connectivity index (χ3n) is 3.18. The summed E-state index contributed by atoms with van der Waals surface area (Å²) in [6.45, 7) is 2.21. The predicted octanol–water partition coefficient (Wildman–Crippen LogP) is 3.15. The van der Waals surface area contributed by atoms with E-state index in [0.29, 0.717) is 5.69 Å². The number of aromatic nitrogens is 1. The van der Waals surface area contributed by atoms with E-state index >= 15 is 0 Å². The lowest BCUT2D eigenvalue weighted by Gasteiger charge is -2.06. The summed E-state index contributed by atoms with van der Waals surface area (Å²) in [5, 5.41) is 1.87. The number of nitrogens with zero attached hydrogens (tertiary/aromatic N) is 1. The molecule has 0 radical (unpaired) electrons. The van der Waals surface area contributed by atoms with Crippen molar-refractivity contribution in [1.29, 1.82) is 0 Å². The quantitative estimate of drug-likeness (QED) is 0.716. The molecule has 2 nitrogen and oxygen atoms in total. The Morgan fingerprint density at radius 2 is 2.50 bits per heavy atom. The zero-order chi connectivity index (χ0) is 9.97. The molecule has 14 heavy (non-hydrogen) atoms. The van der Waals surface area contributed by atoms with Gasteiger partial charge < -0.3 is 0 Å². The van der Waals surface area contributed by atoms with Crippen molar-refractivity contribution in [2.75, 3.05) is 0 Å². The Labute approximate surface area is 88.5 Å². The second kappa shape index (κ2) is 4.22.